The summed E-state index contributed by atoms with van der Waals surface area (Å²) in [5, 5.41) is 6.83. The maximum Gasteiger partial charge on any atom is 0.249 e. The summed E-state index contributed by atoms with van der Waals surface area (Å²) in [7, 11) is -2.01. The van der Waals surface area contributed by atoms with E-state index in [0.717, 1.165) is 0 Å². The Morgan fingerprint density at radius 2 is 2.00 bits per heavy atom. The average molecular weight is 286 g/mol. The molecule has 2 rings (SSSR count). The molecule has 0 fully saturated rings. The lowest BCUT2D eigenvalue weighted by atomic mass is 10.2. The standard InChI is InChI=1S/C11H12ClN3O2S/c1-8(9-5-3-4-6-10(9)12)18(16,17)11-14-13-7-15(11)2/h3-8H,1-2H3/t8-/m1/s1. The fourth-order valence-electron chi connectivity index (χ4n) is 1.66. The van der Waals surface area contributed by atoms with Crippen LogP contribution in [-0.4, -0.2) is 23.2 Å². The summed E-state index contributed by atoms with van der Waals surface area (Å²) in [5.74, 6) is 0. The highest BCUT2D eigenvalue weighted by Gasteiger charge is 2.30. The highest BCUT2D eigenvalue weighted by Crippen LogP contribution is 2.31. The third kappa shape index (κ3) is 2.13. The van der Waals surface area contributed by atoms with Crippen molar-refractivity contribution in [3.63, 3.8) is 0 Å². The summed E-state index contributed by atoms with van der Waals surface area (Å²) in [6.07, 6.45) is 1.35. The maximum absolute atomic E-state index is 12.4. The monoisotopic (exact) mass is 285 g/mol. The Hall–Kier alpha value is -1.40. The third-order valence-corrected chi connectivity index (χ3v) is 5.14. The summed E-state index contributed by atoms with van der Waals surface area (Å²) >= 11 is 6.02. The van der Waals surface area contributed by atoms with Gasteiger partial charge in [0, 0.05) is 12.1 Å². The van der Waals surface area contributed by atoms with Crippen LogP contribution in [0.2, 0.25) is 5.02 Å². The second-order valence-corrected chi connectivity index (χ2v) is 6.50. The predicted octanol–water partition coefficient (Wildman–Crippen LogP) is 2.00. The molecule has 0 amide bonds. The van der Waals surface area contributed by atoms with Gasteiger partial charge in [-0.3, -0.25) is 0 Å². The van der Waals surface area contributed by atoms with Crippen LogP contribution in [0.15, 0.2) is 35.7 Å². The zero-order valence-corrected chi connectivity index (χ0v) is 11.5. The van der Waals surface area contributed by atoms with E-state index in [2.05, 4.69) is 10.2 Å². The average Bonchev–Trinajstić information content (AvgIpc) is 2.76. The van der Waals surface area contributed by atoms with Crippen LogP contribution in [-0.2, 0) is 16.9 Å². The van der Waals surface area contributed by atoms with Crippen molar-refractivity contribution in [1.82, 2.24) is 14.8 Å². The summed E-state index contributed by atoms with van der Waals surface area (Å²) < 4.78 is 26.1. The van der Waals surface area contributed by atoms with Crippen molar-refractivity contribution in [1.29, 1.82) is 0 Å². The topological polar surface area (TPSA) is 64.8 Å². The van der Waals surface area contributed by atoms with Crippen LogP contribution < -0.4 is 0 Å². The maximum atomic E-state index is 12.4. The minimum Gasteiger partial charge on any atom is -0.308 e. The second kappa shape index (κ2) is 4.70. The Labute approximate surface area is 110 Å². The number of hydrogen-bond donors (Lipinski definition) is 0. The number of rotatable bonds is 3. The molecule has 0 aliphatic rings. The first-order valence-electron chi connectivity index (χ1n) is 5.27. The Morgan fingerprint density at radius 3 is 2.56 bits per heavy atom. The van der Waals surface area contributed by atoms with Crippen molar-refractivity contribution >= 4 is 21.4 Å². The van der Waals surface area contributed by atoms with Gasteiger partial charge in [0.15, 0.2) is 0 Å². The molecular weight excluding hydrogens is 274 g/mol. The van der Waals surface area contributed by atoms with Gasteiger partial charge in [-0.25, -0.2) is 8.42 Å². The molecule has 0 saturated heterocycles. The summed E-state index contributed by atoms with van der Waals surface area (Å²) in [6.45, 7) is 1.59. The fourth-order valence-corrected chi connectivity index (χ4v) is 3.49. The van der Waals surface area contributed by atoms with Gasteiger partial charge >= 0.3 is 0 Å². The SMILES string of the molecule is C[C@H](c1ccccc1Cl)S(=O)(=O)c1nncn1C. The summed E-state index contributed by atoms with van der Waals surface area (Å²) in [6, 6.07) is 6.87. The molecule has 0 N–H and O–H groups in total. The van der Waals surface area contributed by atoms with E-state index in [-0.39, 0.29) is 5.16 Å². The highest BCUT2D eigenvalue weighted by atomic mass is 35.5. The Kier molecular flexibility index (Phi) is 3.41. The van der Waals surface area contributed by atoms with Gasteiger partial charge < -0.3 is 4.57 Å². The Balaban J connectivity index is 2.50. The molecule has 1 aromatic heterocycles. The van der Waals surface area contributed by atoms with E-state index in [1.54, 1.807) is 38.2 Å². The smallest absolute Gasteiger partial charge is 0.249 e. The van der Waals surface area contributed by atoms with Crippen molar-refractivity contribution in [2.24, 2.45) is 7.05 Å². The van der Waals surface area contributed by atoms with Crippen LogP contribution in [0.25, 0.3) is 0 Å². The zero-order chi connectivity index (χ0) is 13.3. The first-order chi connectivity index (χ1) is 8.44. The molecule has 2 aromatic rings. The number of sulfone groups is 1. The number of hydrogen-bond acceptors (Lipinski definition) is 4. The van der Waals surface area contributed by atoms with Gasteiger partial charge in [-0.15, -0.1) is 10.2 Å². The first-order valence-corrected chi connectivity index (χ1v) is 7.19. The molecule has 0 spiro atoms. The lowest BCUT2D eigenvalue weighted by Gasteiger charge is -2.13. The van der Waals surface area contributed by atoms with Crippen molar-refractivity contribution in [3.05, 3.63) is 41.2 Å². The Morgan fingerprint density at radius 1 is 1.33 bits per heavy atom. The summed E-state index contributed by atoms with van der Waals surface area (Å²) in [5.41, 5.74) is 0.558. The van der Waals surface area contributed by atoms with Crippen molar-refractivity contribution < 1.29 is 8.42 Å². The lowest BCUT2D eigenvalue weighted by molar-refractivity contribution is 0.568. The van der Waals surface area contributed by atoms with E-state index in [4.69, 9.17) is 11.6 Å². The molecule has 0 bridgehead atoms. The molecule has 0 aliphatic heterocycles. The first kappa shape index (κ1) is 13.0. The molecule has 0 aliphatic carbocycles. The molecule has 0 radical (unpaired) electrons. The zero-order valence-electron chi connectivity index (χ0n) is 9.91. The number of nitrogens with zero attached hydrogens (tertiary/aromatic N) is 3. The molecule has 1 aromatic carbocycles. The van der Waals surface area contributed by atoms with E-state index in [1.807, 2.05) is 0 Å². The second-order valence-electron chi connectivity index (χ2n) is 3.93. The van der Waals surface area contributed by atoms with Gasteiger partial charge in [0.05, 0.1) is 5.25 Å². The van der Waals surface area contributed by atoms with Gasteiger partial charge in [-0.1, -0.05) is 29.8 Å². The molecule has 7 heteroatoms. The fraction of sp³-hybridized carbons (Fsp3) is 0.273. The number of halogens is 1. The van der Waals surface area contributed by atoms with E-state index in [0.29, 0.717) is 10.6 Å². The molecule has 18 heavy (non-hydrogen) atoms. The van der Waals surface area contributed by atoms with Gasteiger partial charge in [0.25, 0.3) is 0 Å². The molecule has 1 heterocycles. The van der Waals surface area contributed by atoms with E-state index >= 15 is 0 Å². The van der Waals surface area contributed by atoms with Crippen molar-refractivity contribution in [2.75, 3.05) is 0 Å². The normalized spacial score (nSPS) is 13.5. The molecule has 96 valence electrons. The molecular formula is C11H12ClN3O2S. The largest absolute Gasteiger partial charge is 0.308 e. The van der Waals surface area contributed by atoms with Crippen LogP contribution in [0.5, 0.6) is 0 Å². The molecule has 5 nitrogen and oxygen atoms in total. The minimum atomic E-state index is -3.60. The molecule has 1 atom stereocenters. The Bertz CT molecular complexity index is 666. The van der Waals surface area contributed by atoms with Gasteiger partial charge in [0.1, 0.15) is 6.33 Å². The third-order valence-electron chi connectivity index (χ3n) is 2.73. The molecule has 0 unspecified atom stereocenters. The quantitative estimate of drug-likeness (QED) is 0.865. The van der Waals surface area contributed by atoms with Crippen LogP contribution in [0.4, 0.5) is 0 Å². The van der Waals surface area contributed by atoms with Gasteiger partial charge in [-0.2, -0.15) is 0 Å². The van der Waals surface area contributed by atoms with E-state index in [9.17, 15) is 8.42 Å². The lowest BCUT2D eigenvalue weighted by Crippen LogP contribution is -2.15. The number of aryl methyl sites for hydroxylation is 1. The van der Waals surface area contributed by atoms with E-state index < -0.39 is 15.1 Å². The van der Waals surface area contributed by atoms with Crippen molar-refractivity contribution in [3.8, 4) is 0 Å². The number of benzene rings is 1. The van der Waals surface area contributed by atoms with Crippen molar-refractivity contribution in [2.45, 2.75) is 17.3 Å². The molecule has 0 saturated carbocycles. The summed E-state index contributed by atoms with van der Waals surface area (Å²) in [4.78, 5) is 0. The predicted molar refractivity (Wildman–Crippen MR) is 68.1 cm³/mol. The number of aromatic nitrogens is 3. The van der Waals surface area contributed by atoms with Crippen LogP contribution in [0.3, 0.4) is 0 Å². The van der Waals surface area contributed by atoms with Crippen LogP contribution >= 0.6 is 11.6 Å². The van der Waals surface area contributed by atoms with Crippen LogP contribution in [0.1, 0.15) is 17.7 Å². The van der Waals surface area contributed by atoms with Gasteiger partial charge in [0.2, 0.25) is 15.0 Å². The van der Waals surface area contributed by atoms with E-state index in [1.165, 1.54) is 10.9 Å². The minimum absolute atomic E-state index is 0.0603. The highest BCUT2D eigenvalue weighted by molar-refractivity contribution is 7.91. The van der Waals surface area contributed by atoms with Crippen LogP contribution in [0, 0.1) is 0 Å². The van der Waals surface area contributed by atoms with Gasteiger partial charge in [-0.05, 0) is 18.6 Å².